The Hall–Kier alpha value is -4.95. The van der Waals surface area contributed by atoms with Crippen LogP contribution in [0.4, 0.5) is 11.9 Å². The Morgan fingerprint density at radius 3 is 1.97 bits per heavy atom. The summed E-state index contributed by atoms with van der Waals surface area (Å²) in [6, 6.07) is 0. The molecule has 0 radical (unpaired) electrons. The summed E-state index contributed by atoms with van der Waals surface area (Å²) in [5.74, 6) is -0.618. The molecule has 3 aliphatic heterocycles. The van der Waals surface area contributed by atoms with Gasteiger partial charge in [0.15, 0.2) is 35.6 Å². The first-order valence-corrected chi connectivity index (χ1v) is 27.1. The lowest BCUT2D eigenvalue weighted by Gasteiger charge is -2.35. The Morgan fingerprint density at radius 2 is 1.29 bits per heavy atom. The second-order valence-corrected chi connectivity index (χ2v) is 22.3. The number of hydrogen-bond acceptors (Lipinski definition) is 32. The molecule has 75 heavy (non-hydrogen) atoms. The average Bonchev–Trinajstić information content (AvgIpc) is 4.18. The molecule has 0 saturated carbocycles. The number of nitrogens with zero attached hydrogens (tertiary/aromatic N) is 10. The van der Waals surface area contributed by atoms with Crippen molar-refractivity contribution in [1.29, 1.82) is 0 Å². The molecule has 9 heterocycles. The smallest absolute Gasteiger partial charge is 0.313 e. The van der Waals surface area contributed by atoms with Gasteiger partial charge in [0.1, 0.15) is 66.8 Å². The molecule has 9 rings (SSSR count). The first-order chi connectivity index (χ1) is 35.3. The molecule has 16 unspecified atom stereocenters. The average molecular weight is 1140 g/mol. The molecule has 38 nitrogen and oxygen atoms in total. The van der Waals surface area contributed by atoms with Gasteiger partial charge in [-0.05, 0) is 0 Å². The van der Waals surface area contributed by atoms with E-state index in [9.17, 15) is 62.7 Å². The van der Waals surface area contributed by atoms with Crippen LogP contribution in [0.2, 0.25) is 0 Å². The van der Waals surface area contributed by atoms with Crippen molar-refractivity contribution in [3.63, 3.8) is 0 Å². The maximum Gasteiger partial charge on any atom is 0.313 e. The van der Waals surface area contributed by atoms with E-state index in [-0.39, 0.29) is 45.4 Å². The van der Waals surface area contributed by atoms with E-state index in [4.69, 9.17) is 48.7 Å². The van der Waals surface area contributed by atoms with Crippen LogP contribution >= 0.6 is 31.3 Å². The van der Waals surface area contributed by atoms with Gasteiger partial charge in [-0.25, -0.2) is 33.1 Å². The summed E-state index contributed by atoms with van der Waals surface area (Å²) in [6.45, 7) is -3.53. The van der Waals surface area contributed by atoms with Gasteiger partial charge in [-0.3, -0.25) is 51.5 Å². The van der Waals surface area contributed by atoms with Crippen LogP contribution in [-0.2, 0) is 75.7 Å². The van der Waals surface area contributed by atoms with E-state index in [0.29, 0.717) is 0 Å². The van der Waals surface area contributed by atoms with Crippen molar-refractivity contribution in [1.82, 2.24) is 53.6 Å². The zero-order valence-electron chi connectivity index (χ0n) is 38.3. The van der Waals surface area contributed by atoms with E-state index < -0.39 is 136 Å². The topological polar surface area (TPSA) is 537 Å². The fourth-order valence-electron chi connectivity index (χ4n) is 8.45. The molecule has 3 saturated heterocycles. The van der Waals surface area contributed by atoms with E-state index in [1.165, 1.54) is 39.6 Å². The fourth-order valence-corrected chi connectivity index (χ4v) is 12.8. The predicted molar refractivity (Wildman–Crippen MR) is 230 cm³/mol. The molecule has 0 aromatic carbocycles. The number of fused-ring (bicyclic) bond motifs is 3. The number of aromatic nitrogens is 12. The second kappa shape index (κ2) is 20.8. The maximum atomic E-state index is 13.5. The van der Waals surface area contributed by atoms with Crippen LogP contribution in [0.3, 0.4) is 0 Å². The van der Waals surface area contributed by atoms with Crippen molar-refractivity contribution in [2.45, 2.75) is 73.6 Å². The summed E-state index contributed by atoms with van der Waals surface area (Å²) in [6.07, 6.45) is -13.7. The Labute approximate surface area is 416 Å². The summed E-state index contributed by atoms with van der Waals surface area (Å²) in [5, 5.41) is 32.7. The van der Waals surface area contributed by atoms with E-state index in [1.807, 2.05) is 0 Å². The number of aliphatic hydroxyl groups excluding tert-OH is 3. The van der Waals surface area contributed by atoms with Crippen molar-refractivity contribution >= 4 is 76.7 Å². The Kier molecular flexibility index (Phi) is 15.2. The number of aromatic amines is 2. The second-order valence-electron chi connectivity index (χ2n) is 16.4. The van der Waals surface area contributed by atoms with Crippen LogP contribution in [-0.4, -0.2) is 158 Å². The highest BCUT2D eigenvalue weighted by molar-refractivity contribution is 7.65. The monoisotopic (exact) mass is 1140 g/mol. The van der Waals surface area contributed by atoms with E-state index in [1.54, 1.807) is 0 Å². The number of aliphatic hydroxyl groups is 3. The third-order valence-electron chi connectivity index (χ3n) is 11.6. The van der Waals surface area contributed by atoms with E-state index in [2.05, 4.69) is 53.0 Å². The molecule has 3 aliphatic rings. The minimum absolute atomic E-state index is 0.000846. The number of rotatable bonds is 20. The first-order valence-electron chi connectivity index (χ1n) is 21.3. The number of anilines is 2. The number of nitrogens with one attached hydrogen (secondary N) is 2. The largest absolute Gasteiger partial charge is 0.756 e. The molecular weight excluding hydrogens is 1100 g/mol. The lowest BCUT2D eigenvalue weighted by atomic mass is 10.1. The Morgan fingerprint density at radius 1 is 0.707 bits per heavy atom. The number of aryl methyl sites for hydroxylation is 1. The number of nitrogen functional groups attached to an aromatic ring is 2. The molecule has 3 fully saturated rings. The molecule has 0 bridgehead atoms. The molecule has 6 aromatic heterocycles. The molecule has 9 N–H and O–H groups in total. The summed E-state index contributed by atoms with van der Waals surface area (Å²) in [5.41, 5.74) is 9.77. The minimum Gasteiger partial charge on any atom is -0.756 e. The summed E-state index contributed by atoms with van der Waals surface area (Å²) in [4.78, 5) is 106. The van der Waals surface area contributed by atoms with Crippen molar-refractivity contribution in [2.75, 3.05) is 45.5 Å². The van der Waals surface area contributed by atoms with Crippen LogP contribution < -0.4 is 46.7 Å². The molecule has 0 spiro atoms. The van der Waals surface area contributed by atoms with Gasteiger partial charge in [-0.15, -0.1) is 0 Å². The Bertz CT molecular complexity index is 3430. The van der Waals surface area contributed by atoms with Gasteiger partial charge >= 0.3 is 5.65 Å². The van der Waals surface area contributed by atoms with Crippen LogP contribution in [0, 0.1) is 0 Å². The number of hydrogen-bond donors (Lipinski definition) is 7. The van der Waals surface area contributed by atoms with Gasteiger partial charge in [0.2, 0.25) is 17.7 Å². The number of imidazole rings is 3. The molecule has 16 atom stereocenters. The zero-order chi connectivity index (χ0) is 54.1. The summed E-state index contributed by atoms with van der Waals surface area (Å²) in [7, 11) is -21.0. The maximum absolute atomic E-state index is 13.5. The van der Waals surface area contributed by atoms with Crippen LogP contribution in [0.5, 0.6) is 0 Å². The lowest BCUT2D eigenvalue weighted by molar-refractivity contribution is -0.745. The molecular formula is C33H41N14O24P4-3. The molecule has 6 aromatic rings. The number of phosphoric ester groups is 3. The first kappa shape index (κ1) is 54.8. The Balaban J connectivity index is 0.858. The highest BCUT2D eigenvalue weighted by Gasteiger charge is 2.52. The third-order valence-corrected chi connectivity index (χ3v) is 16.7. The van der Waals surface area contributed by atoms with Crippen LogP contribution in [0.25, 0.3) is 33.5 Å². The quantitative estimate of drug-likeness (QED) is 0.0276. The number of H-pyrrole nitrogens is 2. The molecule has 0 amide bonds. The minimum atomic E-state index is -6.55. The van der Waals surface area contributed by atoms with Gasteiger partial charge in [-0.1, -0.05) is 4.98 Å². The van der Waals surface area contributed by atoms with E-state index in [0.717, 1.165) is 31.4 Å². The highest BCUT2D eigenvalue weighted by atomic mass is 31.3. The van der Waals surface area contributed by atoms with Gasteiger partial charge < -0.3 is 88.1 Å². The normalized spacial score (nSPS) is 30.5. The van der Waals surface area contributed by atoms with Gasteiger partial charge in [0.25, 0.3) is 48.4 Å². The molecule has 42 heteroatoms. The zero-order valence-corrected chi connectivity index (χ0v) is 41.8. The van der Waals surface area contributed by atoms with Crippen molar-refractivity contribution < 1.29 is 108 Å². The standard InChI is InChI=1S/C33H44N14O24P4/c1-44-11-47(26-17(44)28(52)43-33(35)41-26)30-20(50)21(61-2)14(67-30)6-64-73(55,56)70-75(59,60)71-74(57,58)65-7-15-22(23(62-3)31(68-15)45-9-38-12-4-36-8-37-24(12)45)69-72(53,54)63-5-13-18(48)19(49)29(66-13)46-10-39-16-25(46)40-32(34)42-27(16)51/h4,8-11,13-15,18-23,29-31,48-50H,5-7H2,1-3H3,(H9-,34,35,40,41,42,43,51,52,53,54,55,56,57,58,59,60)/p-3. The fraction of sp³-hybridized carbons (Fsp3) is 0.545. The number of nitrogens with two attached hydrogens (primary N) is 2. The van der Waals surface area contributed by atoms with Crippen molar-refractivity contribution in [2.24, 2.45) is 7.05 Å². The number of methoxy groups -OCH3 is 2. The van der Waals surface area contributed by atoms with Crippen molar-refractivity contribution in [3.8, 4) is 0 Å². The molecule has 0 aliphatic carbocycles. The predicted octanol–water partition coefficient (Wildman–Crippen LogP) is -6.17. The van der Waals surface area contributed by atoms with Gasteiger partial charge in [0.05, 0.1) is 45.7 Å². The SMILES string of the molecule is COC1C(COP(=O)([O-])OP(=O)([O-])OP(=O)([O-])OCC2OC(n3cnc4cncnc43)C(OC)C2OP(=O)([O-])OCC2OC(n3cnc4c(=O)[nH]c(N)nc43)C(O)C2O)OC([n+]2cn(C)c3c(=O)[nH]c(N)nc32)C1O. The highest BCUT2D eigenvalue weighted by Crippen LogP contribution is 2.63. The van der Waals surface area contributed by atoms with Gasteiger partial charge in [0, 0.05) is 14.2 Å². The number of phosphoric acid groups is 4. The van der Waals surface area contributed by atoms with Crippen LogP contribution in [0.1, 0.15) is 18.7 Å². The number of ether oxygens (including phenoxy) is 5. The third kappa shape index (κ3) is 11.1. The van der Waals surface area contributed by atoms with Crippen molar-refractivity contribution in [3.05, 3.63) is 52.2 Å². The lowest BCUT2D eigenvalue weighted by Crippen LogP contribution is -2.46. The molecule has 410 valence electrons. The van der Waals surface area contributed by atoms with E-state index >= 15 is 0 Å². The van der Waals surface area contributed by atoms with Gasteiger partial charge in [-0.2, -0.15) is 4.98 Å². The van der Waals surface area contributed by atoms with Crippen LogP contribution in [0.15, 0.2) is 41.1 Å². The summed E-state index contributed by atoms with van der Waals surface area (Å²) < 4.78 is 113. The summed E-state index contributed by atoms with van der Waals surface area (Å²) >= 11 is 0.